The lowest BCUT2D eigenvalue weighted by atomic mass is 10.1. The van der Waals surface area contributed by atoms with E-state index in [0.717, 1.165) is 38.5 Å². The standard InChI is InChI=1S/C23H22ClN3O2S/c1-29-15-21-20-12-19(24)5-2-6-22(20)27-23(21)30(28)26-13-16-7-9-17(10-8-16)18-4-3-11-25-14-18/h2-4,6-12,14,26-27H,5,13,15H2,1H3. The largest absolute Gasteiger partial charge is 0.380 e. The number of pyridine rings is 1. The Morgan fingerprint density at radius 3 is 2.80 bits per heavy atom. The van der Waals surface area contributed by atoms with Gasteiger partial charge in [0.25, 0.3) is 0 Å². The number of halogens is 1. The molecule has 0 radical (unpaired) electrons. The number of fused-ring (bicyclic) bond motifs is 1. The average Bonchev–Trinajstić information content (AvgIpc) is 2.99. The zero-order valence-corrected chi connectivity index (χ0v) is 18.1. The van der Waals surface area contributed by atoms with Gasteiger partial charge in [-0.1, -0.05) is 48.0 Å². The summed E-state index contributed by atoms with van der Waals surface area (Å²) in [5.41, 5.74) is 5.89. The van der Waals surface area contributed by atoms with Crippen LogP contribution in [0.1, 0.15) is 28.8 Å². The average molecular weight is 440 g/mol. The summed E-state index contributed by atoms with van der Waals surface area (Å²) >= 11 is 6.27. The van der Waals surface area contributed by atoms with Gasteiger partial charge in [0, 0.05) is 54.3 Å². The molecule has 0 aliphatic heterocycles. The zero-order chi connectivity index (χ0) is 20.9. The van der Waals surface area contributed by atoms with Gasteiger partial charge in [-0.3, -0.25) is 4.98 Å². The van der Waals surface area contributed by atoms with Crippen molar-refractivity contribution in [1.29, 1.82) is 0 Å². The van der Waals surface area contributed by atoms with Gasteiger partial charge in [0.1, 0.15) is 16.0 Å². The Morgan fingerprint density at radius 2 is 2.07 bits per heavy atom. The smallest absolute Gasteiger partial charge is 0.142 e. The van der Waals surface area contributed by atoms with Gasteiger partial charge >= 0.3 is 0 Å². The third-order valence-corrected chi connectivity index (χ3v) is 6.26. The molecule has 4 rings (SSSR count). The van der Waals surface area contributed by atoms with Crippen LogP contribution in [0.5, 0.6) is 0 Å². The number of hydrogen-bond donors (Lipinski definition) is 2. The minimum Gasteiger partial charge on any atom is -0.380 e. The second-order valence-electron chi connectivity index (χ2n) is 6.92. The van der Waals surface area contributed by atoms with Gasteiger partial charge in [-0.25, -0.2) is 8.93 Å². The Labute approximate surface area is 183 Å². The van der Waals surface area contributed by atoms with Crippen molar-refractivity contribution in [3.63, 3.8) is 0 Å². The molecule has 0 saturated carbocycles. The molecule has 1 atom stereocenters. The SMILES string of the molecule is COCc1c(S(=O)NCc2ccc(-c3cccnc3)cc2)[nH]c2c1C=C(Cl)CC=C2. The lowest BCUT2D eigenvalue weighted by Crippen LogP contribution is -2.18. The summed E-state index contributed by atoms with van der Waals surface area (Å²) in [6, 6.07) is 12.1. The van der Waals surface area contributed by atoms with Gasteiger partial charge in [0.15, 0.2) is 0 Å². The Bertz CT molecular complexity index is 1110. The maximum atomic E-state index is 13.0. The fourth-order valence-corrected chi connectivity index (χ4v) is 4.60. The molecule has 0 amide bonds. The molecule has 0 saturated heterocycles. The summed E-state index contributed by atoms with van der Waals surface area (Å²) in [6.07, 6.45) is 10.2. The van der Waals surface area contributed by atoms with Crippen LogP contribution in [0.4, 0.5) is 0 Å². The molecule has 0 spiro atoms. The number of rotatable bonds is 7. The van der Waals surface area contributed by atoms with Gasteiger partial charge < -0.3 is 9.72 Å². The highest BCUT2D eigenvalue weighted by Gasteiger charge is 2.20. The van der Waals surface area contributed by atoms with Crippen LogP contribution in [0.3, 0.4) is 0 Å². The second-order valence-corrected chi connectivity index (χ2v) is 8.64. The number of nitrogens with zero attached hydrogens (tertiary/aromatic N) is 1. The lowest BCUT2D eigenvalue weighted by molar-refractivity contribution is 0.182. The van der Waals surface area contributed by atoms with E-state index in [1.807, 2.05) is 60.8 Å². The van der Waals surface area contributed by atoms with Crippen molar-refractivity contribution in [2.45, 2.75) is 24.6 Å². The molecule has 3 aromatic rings. The first-order valence-corrected chi connectivity index (χ1v) is 11.1. The highest BCUT2D eigenvalue weighted by atomic mass is 35.5. The third kappa shape index (κ3) is 4.63. The molecule has 1 aliphatic carbocycles. The zero-order valence-electron chi connectivity index (χ0n) is 16.5. The molecule has 154 valence electrons. The maximum absolute atomic E-state index is 13.0. The van der Waals surface area contributed by atoms with Crippen LogP contribution in [0.2, 0.25) is 0 Å². The van der Waals surface area contributed by atoms with Crippen molar-refractivity contribution >= 4 is 34.7 Å². The van der Waals surface area contributed by atoms with E-state index in [-0.39, 0.29) is 0 Å². The van der Waals surface area contributed by atoms with E-state index < -0.39 is 11.0 Å². The summed E-state index contributed by atoms with van der Waals surface area (Å²) in [7, 11) is 0.204. The molecule has 0 fully saturated rings. The molecular formula is C23H22ClN3O2S. The van der Waals surface area contributed by atoms with E-state index in [4.69, 9.17) is 16.3 Å². The summed E-state index contributed by atoms with van der Waals surface area (Å²) in [5.74, 6) is 0. The number of nitrogens with one attached hydrogen (secondary N) is 2. The number of aromatic nitrogens is 2. The molecule has 1 unspecified atom stereocenters. The molecule has 1 aliphatic rings. The van der Waals surface area contributed by atoms with Crippen LogP contribution in [-0.4, -0.2) is 21.3 Å². The van der Waals surface area contributed by atoms with Crippen LogP contribution in [0.25, 0.3) is 23.3 Å². The minimum atomic E-state index is -1.42. The summed E-state index contributed by atoms with van der Waals surface area (Å²) in [6.45, 7) is 0.825. The molecule has 0 bridgehead atoms. The van der Waals surface area contributed by atoms with Crippen molar-refractivity contribution in [2.24, 2.45) is 0 Å². The van der Waals surface area contributed by atoms with Gasteiger partial charge in [-0.15, -0.1) is 0 Å². The van der Waals surface area contributed by atoms with Gasteiger partial charge in [-0.05, 0) is 34.9 Å². The number of aromatic amines is 1. The normalized spacial score (nSPS) is 14.1. The van der Waals surface area contributed by atoms with Crippen LogP contribution in [0.15, 0.2) is 64.9 Å². The Kier molecular flexibility index (Phi) is 6.59. The topological polar surface area (TPSA) is 67.0 Å². The summed E-state index contributed by atoms with van der Waals surface area (Å²) < 4.78 is 21.5. The molecule has 2 aromatic heterocycles. The van der Waals surface area contributed by atoms with Crippen LogP contribution in [-0.2, 0) is 28.9 Å². The number of H-pyrrole nitrogens is 1. The molecule has 5 nitrogen and oxygen atoms in total. The first kappa shape index (κ1) is 20.8. The Hall–Kier alpha value is -2.51. The fourth-order valence-electron chi connectivity index (χ4n) is 3.37. The first-order valence-electron chi connectivity index (χ1n) is 9.56. The van der Waals surface area contributed by atoms with Crippen molar-refractivity contribution in [1.82, 2.24) is 14.7 Å². The number of ether oxygens (including phenoxy) is 1. The van der Waals surface area contributed by atoms with E-state index in [9.17, 15) is 4.21 Å². The van der Waals surface area contributed by atoms with Crippen molar-refractivity contribution < 1.29 is 8.95 Å². The van der Waals surface area contributed by atoms with Crippen molar-refractivity contribution in [3.05, 3.63) is 82.3 Å². The van der Waals surface area contributed by atoms with Crippen LogP contribution < -0.4 is 4.72 Å². The molecule has 1 aromatic carbocycles. The fraction of sp³-hybridized carbons (Fsp3) is 0.174. The summed E-state index contributed by atoms with van der Waals surface area (Å²) in [5, 5.41) is 1.35. The number of methoxy groups -OCH3 is 1. The van der Waals surface area contributed by atoms with E-state index in [1.165, 1.54) is 0 Å². The highest BCUT2D eigenvalue weighted by Crippen LogP contribution is 2.30. The van der Waals surface area contributed by atoms with Gasteiger partial charge in [0.2, 0.25) is 0 Å². The van der Waals surface area contributed by atoms with Crippen molar-refractivity contribution in [2.75, 3.05) is 7.11 Å². The van der Waals surface area contributed by atoms with E-state index in [2.05, 4.69) is 14.7 Å². The Morgan fingerprint density at radius 1 is 1.23 bits per heavy atom. The molecule has 2 heterocycles. The Balaban J connectivity index is 1.50. The van der Waals surface area contributed by atoms with E-state index in [0.29, 0.717) is 24.6 Å². The van der Waals surface area contributed by atoms with E-state index >= 15 is 0 Å². The predicted octanol–water partition coefficient (Wildman–Crippen LogP) is 5.03. The quantitative estimate of drug-likeness (QED) is 0.542. The lowest BCUT2D eigenvalue weighted by Gasteiger charge is -2.08. The van der Waals surface area contributed by atoms with Gasteiger partial charge in [0.05, 0.1) is 6.61 Å². The highest BCUT2D eigenvalue weighted by molar-refractivity contribution is 7.83. The number of allylic oxidation sites excluding steroid dienone is 2. The summed E-state index contributed by atoms with van der Waals surface area (Å²) in [4.78, 5) is 7.43. The second kappa shape index (κ2) is 9.53. The predicted molar refractivity (Wildman–Crippen MR) is 122 cm³/mol. The van der Waals surface area contributed by atoms with Gasteiger partial charge in [-0.2, -0.15) is 0 Å². The van der Waals surface area contributed by atoms with Crippen LogP contribution >= 0.6 is 11.6 Å². The molecule has 2 N–H and O–H groups in total. The number of hydrogen-bond acceptors (Lipinski definition) is 3. The number of benzene rings is 1. The molecule has 30 heavy (non-hydrogen) atoms. The molecule has 7 heteroatoms. The minimum absolute atomic E-state index is 0.350. The van der Waals surface area contributed by atoms with Crippen molar-refractivity contribution in [3.8, 4) is 11.1 Å². The van der Waals surface area contributed by atoms with Crippen LogP contribution in [0, 0.1) is 0 Å². The monoisotopic (exact) mass is 439 g/mol. The third-order valence-electron chi connectivity index (χ3n) is 4.87. The first-order chi connectivity index (χ1) is 14.7. The maximum Gasteiger partial charge on any atom is 0.142 e. The molecular weight excluding hydrogens is 418 g/mol. The van der Waals surface area contributed by atoms with E-state index in [1.54, 1.807) is 13.3 Å².